The van der Waals surface area contributed by atoms with Crippen LogP contribution in [0.5, 0.6) is 0 Å². The van der Waals surface area contributed by atoms with Gasteiger partial charge in [0.2, 0.25) is 0 Å². The monoisotopic (exact) mass is 255 g/mol. The molecule has 0 aliphatic carbocycles. The summed E-state index contributed by atoms with van der Waals surface area (Å²) in [7, 11) is 1.54. The second-order valence-electron chi connectivity index (χ2n) is 3.50. The maximum absolute atomic E-state index is 13.8. The number of aromatic nitrogens is 1. The van der Waals surface area contributed by atoms with Crippen LogP contribution in [-0.2, 0) is 11.3 Å². The molecule has 0 fully saturated rings. The molecule has 17 heavy (non-hydrogen) atoms. The molecule has 3 N–H and O–H groups in total. The number of benzene rings is 1. The summed E-state index contributed by atoms with van der Waals surface area (Å²) in [5.74, 6) is 4.84. The molecule has 0 atom stereocenters. The van der Waals surface area contributed by atoms with E-state index < -0.39 is 5.82 Å². The van der Waals surface area contributed by atoms with Gasteiger partial charge in [-0.1, -0.05) is 11.6 Å². The van der Waals surface area contributed by atoms with Crippen LogP contribution in [0, 0.1) is 5.82 Å². The van der Waals surface area contributed by atoms with E-state index in [0.29, 0.717) is 16.8 Å². The summed E-state index contributed by atoms with van der Waals surface area (Å²) < 4.78 is 18.8. The maximum Gasteiger partial charge on any atom is 0.168 e. The smallest absolute Gasteiger partial charge is 0.168 e. The Labute approximate surface area is 103 Å². The Hall–Kier alpha value is -1.43. The second kappa shape index (κ2) is 4.83. The average Bonchev–Trinajstić information content (AvgIpc) is 2.34. The minimum absolute atomic E-state index is 0.0301. The molecule has 0 saturated carbocycles. The lowest BCUT2D eigenvalue weighted by atomic mass is 10.1. The van der Waals surface area contributed by atoms with E-state index >= 15 is 0 Å². The number of nitrogens with two attached hydrogens (primary N) is 1. The Balaban J connectivity index is 2.73. The fraction of sp³-hybridized carbons (Fsp3) is 0.182. The maximum atomic E-state index is 13.8. The third-order valence-corrected chi connectivity index (χ3v) is 2.67. The van der Waals surface area contributed by atoms with Crippen LogP contribution in [0.15, 0.2) is 18.2 Å². The average molecular weight is 256 g/mol. The predicted octanol–water partition coefficient (Wildman–Crippen LogP) is 2.46. The highest BCUT2D eigenvalue weighted by molar-refractivity contribution is 6.31. The van der Waals surface area contributed by atoms with E-state index in [9.17, 15) is 4.39 Å². The minimum atomic E-state index is -0.557. The number of halogens is 2. The lowest BCUT2D eigenvalue weighted by Crippen LogP contribution is -2.09. The van der Waals surface area contributed by atoms with Crippen molar-refractivity contribution in [2.45, 2.75) is 6.61 Å². The van der Waals surface area contributed by atoms with Gasteiger partial charge in [0.25, 0.3) is 0 Å². The number of rotatable bonds is 3. The summed E-state index contributed by atoms with van der Waals surface area (Å²) in [6.07, 6.45) is 0. The SMILES string of the molecule is COCc1cc(NN)c2ccc(Cl)c(F)c2n1. The molecular formula is C11H11ClFN3O. The number of ether oxygens (including phenoxy) is 1. The van der Waals surface area contributed by atoms with E-state index in [0.717, 1.165) is 0 Å². The highest BCUT2D eigenvalue weighted by Gasteiger charge is 2.11. The van der Waals surface area contributed by atoms with Gasteiger partial charge in [0.15, 0.2) is 5.82 Å². The van der Waals surface area contributed by atoms with Crippen LogP contribution in [0.2, 0.25) is 5.02 Å². The van der Waals surface area contributed by atoms with Gasteiger partial charge in [0.05, 0.1) is 23.0 Å². The topological polar surface area (TPSA) is 60.2 Å². The fourth-order valence-electron chi connectivity index (χ4n) is 1.63. The van der Waals surface area contributed by atoms with Gasteiger partial charge in [0, 0.05) is 12.5 Å². The van der Waals surface area contributed by atoms with Gasteiger partial charge in [-0.3, -0.25) is 5.84 Å². The molecule has 0 amide bonds. The zero-order chi connectivity index (χ0) is 12.4. The summed E-state index contributed by atoms with van der Waals surface area (Å²) in [5.41, 5.74) is 3.85. The van der Waals surface area contributed by atoms with Gasteiger partial charge in [-0.15, -0.1) is 0 Å². The first-order valence-corrected chi connectivity index (χ1v) is 5.28. The molecule has 4 nitrogen and oxygen atoms in total. The Morgan fingerprint density at radius 1 is 1.53 bits per heavy atom. The van der Waals surface area contributed by atoms with Crippen molar-refractivity contribution in [3.8, 4) is 0 Å². The molecule has 0 bridgehead atoms. The molecular weight excluding hydrogens is 245 g/mol. The van der Waals surface area contributed by atoms with E-state index in [2.05, 4.69) is 10.4 Å². The normalized spacial score (nSPS) is 10.8. The number of nitrogen functional groups attached to an aromatic ring is 1. The highest BCUT2D eigenvalue weighted by Crippen LogP contribution is 2.28. The Bertz CT molecular complexity index is 562. The van der Waals surface area contributed by atoms with Crippen molar-refractivity contribution in [2.75, 3.05) is 12.5 Å². The predicted molar refractivity (Wildman–Crippen MR) is 65.2 cm³/mol. The quantitative estimate of drug-likeness (QED) is 0.653. The van der Waals surface area contributed by atoms with Gasteiger partial charge in [-0.25, -0.2) is 9.37 Å². The van der Waals surface area contributed by atoms with Gasteiger partial charge >= 0.3 is 0 Å². The second-order valence-corrected chi connectivity index (χ2v) is 3.90. The highest BCUT2D eigenvalue weighted by atomic mass is 35.5. The van der Waals surface area contributed by atoms with Crippen molar-refractivity contribution >= 4 is 28.2 Å². The molecule has 0 saturated heterocycles. The van der Waals surface area contributed by atoms with Gasteiger partial charge in [0.1, 0.15) is 5.52 Å². The lowest BCUT2D eigenvalue weighted by molar-refractivity contribution is 0.182. The molecule has 2 aromatic rings. The standard InChI is InChI=1S/C11H11ClFN3O/c1-17-5-6-4-9(16-14)7-2-3-8(12)10(13)11(7)15-6/h2-4H,5,14H2,1H3,(H,15,16). The molecule has 0 unspecified atom stereocenters. The molecule has 0 spiro atoms. The van der Waals surface area contributed by atoms with Crippen LogP contribution < -0.4 is 11.3 Å². The summed E-state index contributed by atoms with van der Waals surface area (Å²) in [5, 5.41) is 0.608. The number of hydrogen-bond acceptors (Lipinski definition) is 4. The fourth-order valence-corrected chi connectivity index (χ4v) is 1.78. The van der Waals surface area contributed by atoms with E-state index in [4.69, 9.17) is 22.2 Å². The van der Waals surface area contributed by atoms with Crippen molar-refractivity contribution < 1.29 is 9.13 Å². The van der Waals surface area contributed by atoms with Crippen LogP contribution in [0.3, 0.4) is 0 Å². The molecule has 90 valence electrons. The van der Waals surface area contributed by atoms with Gasteiger partial charge in [-0.05, 0) is 18.2 Å². The van der Waals surface area contributed by atoms with Crippen molar-refractivity contribution in [1.82, 2.24) is 4.98 Å². The minimum Gasteiger partial charge on any atom is -0.378 e. The van der Waals surface area contributed by atoms with Crippen molar-refractivity contribution in [3.63, 3.8) is 0 Å². The summed E-state index contributed by atoms with van der Waals surface area (Å²) >= 11 is 5.71. The number of pyridine rings is 1. The first-order valence-electron chi connectivity index (χ1n) is 4.90. The van der Waals surface area contributed by atoms with Gasteiger partial charge in [-0.2, -0.15) is 0 Å². The molecule has 1 aromatic heterocycles. The summed E-state index contributed by atoms with van der Waals surface area (Å²) in [4.78, 5) is 4.15. The van der Waals surface area contributed by atoms with Crippen molar-refractivity contribution in [3.05, 3.63) is 34.7 Å². The van der Waals surface area contributed by atoms with E-state index in [1.54, 1.807) is 12.1 Å². The number of fused-ring (bicyclic) bond motifs is 1. The lowest BCUT2D eigenvalue weighted by Gasteiger charge is -2.09. The number of nitrogens with zero attached hydrogens (tertiary/aromatic N) is 1. The molecule has 0 aliphatic rings. The Morgan fingerprint density at radius 3 is 2.94 bits per heavy atom. The van der Waals surface area contributed by atoms with Crippen molar-refractivity contribution in [1.29, 1.82) is 0 Å². The van der Waals surface area contributed by atoms with E-state index in [1.165, 1.54) is 13.2 Å². The van der Waals surface area contributed by atoms with Gasteiger partial charge < -0.3 is 10.2 Å². The third-order valence-electron chi connectivity index (χ3n) is 2.37. The van der Waals surface area contributed by atoms with Crippen LogP contribution in [0.1, 0.15) is 5.69 Å². The molecule has 6 heteroatoms. The van der Waals surface area contributed by atoms with E-state index in [-0.39, 0.29) is 17.1 Å². The molecule has 0 radical (unpaired) electrons. The van der Waals surface area contributed by atoms with Crippen LogP contribution in [0.4, 0.5) is 10.1 Å². The third kappa shape index (κ3) is 2.17. The number of anilines is 1. The molecule has 1 heterocycles. The number of methoxy groups -OCH3 is 1. The zero-order valence-electron chi connectivity index (χ0n) is 9.13. The van der Waals surface area contributed by atoms with Crippen molar-refractivity contribution in [2.24, 2.45) is 5.84 Å². The van der Waals surface area contributed by atoms with E-state index in [1.807, 2.05) is 0 Å². The summed E-state index contributed by atoms with van der Waals surface area (Å²) in [6.45, 7) is 0.274. The van der Waals surface area contributed by atoms with Crippen LogP contribution in [-0.4, -0.2) is 12.1 Å². The number of hydrazine groups is 1. The molecule has 2 rings (SSSR count). The van der Waals surface area contributed by atoms with Crippen LogP contribution >= 0.6 is 11.6 Å². The summed E-state index contributed by atoms with van der Waals surface area (Å²) in [6, 6.07) is 4.84. The largest absolute Gasteiger partial charge is 0.378 e. The molecule has 0 aliphatic heterocycles. The number of nitrogens with one attached hydrogen (secondary N) is 1. The Kier molecular flexibility index (Phi) is 3.42. The Morgan fingerprint density at radius 2 is 2.29 bits per heavy atom. The zero-order valence-corrected chi connectivity index (χ0v) is 9.88. The van der Waals surface area contributed by atoms with Crippen LogP contribution in [0.25, 0.3) is 10.9 Å². The first-order chi connectivity index (χ1) is 8.17. The number of hydrogen-bond donors (Lipinski definition) is 2. The molecule has 1 aromatic carbocycles. The first kappa shape index (κ1) is 12.0.